The van der Waals surface area contributed by atoms with Gasteiger partial charge in [-0.1, -0.05) is 59.6 Å². The van der Waals surface area contributed by atoms with Crippen molar-refractivity contribution < 1.29 is 0 Å². The Balaban J connectivity index is 4.93. The second kappa shape index (κ2) is 7.42. The van der Waals surface area contributed by atoms with Crippen LogP contribution in [0, 0.1) is 23.7 Å². The lowest BCUT2D eigenvalue weighted by Crippen LogP contribution is -2.21. The van der Waals surface area contributed by atoms with Crippen molar-refractivity contribution in [2.45, 2.75) is 60.1 Å². The quantitative estimate of drug-likeness (QED) is 0.480. The Morgan fingerprint density at radius 1 is 1.06 bits per heavy atom. The van der Waals surface area contributed by atoms with E-state index in [1.807, 2.05) is 0 Å². The zero-order valence-electron chi connectivity index (χ0n) is 12.1. The first kappa shape index (κ1) is 16.1. The summed E-state index contributed by atoms with van der Waals surface area (Å²) in [6, 6.07) is 0. The van der Waals surface area contributed by atoms with E-state index < -0.39 is 0 Å². The summed E-state index contributed by atoms with van der Waals surface area (Å²) in [7, 11) is 0. The Labute approximate surface area is 108 Å². The topological polar surface area (TPSA) is 0 Å². The third-order valence-electron chi connectivity index (χ3n) is 3.60. The van der Waals surface area contributed by atoms with Gasteiger partial charge in [0.25, 0.3) is 0 Å². The third kappa shape index (κ3) is 4.95. The van der Waals surface area contributed by atoms with Gasteiger partial charge in [-0.25, -0.2) is 0 Å². The second-order valence-corrected chi connectivity index (χ2v) is 6.48. The predicted molar refractivity (Wildman–Crippen MR) is 79.2 cm³/mol. The minimum absolute atomic E-state index is 0.365. The van der Waals surface area contributed by atoms with E-state index in [1.54, 1.807) is 5.57 Å². The summed E-state index contributed by atoms with van der Waals surface area (Å²) >= 11 is 4.50. The van der Waals surface area contributed by atoms with E-state index in [9.17, 15) is 0 Å². The molecule has 0 aliphatic heterocycles. The van der Waals surface area contributed by atoms with Crippen molar-refractivity contribution in [3.63, 3.8) is 0 Å². The fourth-order valence-electron chi connectivity index (χ4n) is 2.80. The number of rotatable bonds is 6. The van der Waals surface area contributed by atoms with E-state index in [0.717, 1.165) is 11.8 Å². The van der Waals surface area contributed by atoms with Gasteiger partial charge in [-0.05, 0) is 30.6 Å². The molecule has 0 aliphatic carbocycles. The van der Waals surface area contributed by atoms with Crippen LogP contribution in [0.15, 0.2) is 11.6 Å². The number of hydrogen-bond acceptors (Lipinski definition) is 1. The minimum Gasteiger partial charge on any atom is -0.172 e. The molecule has 0 N–H and O–H groups in total. The molecule has 3 unspecified atom stereocenters. The molecule has 0 aromatic carbocycles. The van der Waals surface area contributed by atoms with Crippen LogP contribution in [0.4, 0.5) is 0 Å². The van der Waals surface area contributed by atoms with E-state index >= 15 is 0 Å². The van der Waals surface area contributed by atoms with Crippen molar-refractivity contribution in [3.8, 4) is 0 Å². The molecule has 0 spiro atoms. The molecule has 0 aromatic heterocycles. The van der Waals surface area contributed by atoms with Crippen LogP contribution in [-0.4, -0.2) is 5.25 Å². The molecular weight excluding hydrogens is 212 g/mol. The SMILES string of the molecule is CCC(C(C)C)C(C)/C(=C\C(C)S)C(C)C. The molecule has 96 valence electrons. The summed E-state index contributed by atoms with van der Waals surface area (Å²) in [5, 5.41) is 0.365. The lowest BCUT2D eigenvalue weighted by molar-refractivity contribution is 0.280. The van der Waals surface area contributed by atoms with Gasteiger partial charge in [-0.2, -0.15) is 12.6 Å². The van der Waals surface area contributed by atoms with Gasteiger partial charge < -0.3 is 0 Å². The monoisotopic (exact) mass is 242 g/mol. The average Bonchev–Trinajstić information content (AvgIpc) is 2.13. The van der Waals surface area contributed by atoms with Crippen LogP contribution in [-0.2, 0) is 0 Å². The van der Waals surface area contributed by atoms with Gasteiger partial charge in [0.2, 0.25) is 0 Å². The smallest absolute Gasteiger partial charge is 0.0171 e. The van der Waals surface area contributed by atoms with E-state index in [-0.39, 0.29) is 0 Å². The molecule has 0 saturated heterocycles. The molecule has 0 radical (unpaired) electrons. The summed E-state index contributed by atoms with van der Waals surface area (Å²) in [5.74, 6) is 2.87. The van der Waals surface area contributed by atoms with E-state index in [2.05, 4.69) is 67.2 Å². The zero-order chi connectivity index (χ0) is 12.9. The van der Waals surface area contributed by atoms with Crippen LogP contribution in [0.5, 0.6) is 0 Å². The molecule has 0 aromatic rings. The molecule has 1 heteroatoms. The lowest BCUT2D eigenvalue weighted by Gasteiger charge is -2.31. The van der Waals surface area contributed by atoms with Crippen LogP contribution in [0.2, 0.25) is 0 Å². The van der Waals surface area contributed by atoms with Crippen LogP contribution in [0.3, 0.4) is 0 Å². The summed E-state index contributed by atoms with van der Waals surface area (Å²) in [6.07, 6.45) is 3.62. The average molecular weight is 242 g/mol. The molecular formula is C15H30S. The Bertz CT molecular complexity index is 213. The Morgan fingerprint density at radius 3 is 1.81 bits per heavy atom. The number of allylic oxidation sites excluding steroid dienone is 1. The molecule has 0 aliphatic rings. The Morgan fingerprint density at radius 2 is 1.56 bits per heavy atom. The van der Waals surface area contributed by atoms with E-state index in [1.165, 1.54) is 6.42 Å². The fraction of sp³-hybridized carbons (Fsp3) is 0.867. The molecule has 0 bridgehead atoms. The van der Waals surface area contributed by atoms with Crippen molar-refractivity contribution >= 4 is 12.6 Å². The summed E-state index contributed by atoms with van der Waals surface area (Å²) in [6.45, 7) is 16.1. The standard InChI is InChI=1S/C15H30S/c1-8-14(10(2)3)13(7)15(11(4)5)9-12(6)16/h9-14,16H,8H2,1-7H3/b15-9-. The predicted octanol–water partition coefficient (Wildman–Crippen LogP) is 5.21. The van der Waals surface area contributed by atoms with E-state index in [0.29, 0.717) is 17.1 Å². The van der Waals surface area contributed by atoms with Gasteiger partial charge in [0.05, 0.1) is 0 Å². The summed E-state index contributed by atoms with van der Waals surface area (Å²) in [5.41, 5.74) is 1.59. The maximum atomic E-state index is 4.50. The van der Waals surface area contributed by atoms with Gasteiger partial charge in [0, 0.05) is 5.25 Å². The first-order valence-electron chi connectivity index (χ1n) is 6.70. The summed E-state index contributed by atoms with van der Waals surface area (Å²) < 4.78 is 0. The Hall–Kier alpha value is 0.0900. The molecule has 0 nitrogen and oxygen atoms in total. The second-order valence-electron chi connectivity index (χ2n) is 5.67. The van der Waals surface area contributed by atoms with Gasteiger partial charge in [-0.3, -0.25) is 0 Å². The van der Waals surface area contributed by atoms with Crippen LogP contribution in [0.25, 0.3) is 0 Å². The molecule has 0 fully saturated rings. The molecule has 16 heavy (non-hydrogen) atoms. The maximum Gasteiger partial charge on any atom is 0.0171 e. The summed E-state index contributed by atoms with van der Waals surface area (Å²) in [4.78, 5) is 0. The third-order valence-corrected chi connectivity index (χ3v) is 3.75. The molecule has 0 saturated carbocycles. The molecule has 0 amide bonds. The number of hydrogen-bond donors (Lipinski definition) is 1. The van der Waals surface area contributed by atoms with E-state index in [4.69, 9.17) is 0 Å². The maximum absolute atomic E-state index is 4.50. The highest BCUT2D eigenvalue weighted by molar-refractivity contribution is 7.81. The lowest BCUT2D eigenvalue weighted by atomic mass is 9.75. The first-order valence-corrected chi connectivity index (χ1v) is 7.22. The zero-order valence-corrected chi connectivity index (χ0v) is 13.0. The van der Waals surface area contributed by atoms with Crippen molar-refractivity contribution in [1.82, 2.24) is 0 Å². The van der Waals surface area contributed by atoms with Crippen LogP contribution >= 0.6 is 12.6 Å². The molecule has 3 atom stereocenters. The Kier molecular flexibility index (Phi) is 7.46. The minimum atomic E-state index is 0.365. The van der Waals surface area contributed by atoms with Crippen molar-refractivity contribution in [3.05, 3.63) is 11.6 Å². The highest BCUT2D eigenvalue weighted by atomic mass is 32.1. The van der Waals surface area contributed by atoms with Gasteiger partial charge in [0.1, 0.15) is 0 Å². The first-order chi connectivity index (χ1) is 7.31. The van der Waals surface area contributed by atoms with Crippen molar-refractivity contribution in [1.29, 1.82) is 0 Å². The number of thiol groups is 1. The normalized spacial score (nSPS) is 19.0. The molecule has 0 rings (SSSR count). The van der Waals surface area contributed by atoms with Gasteiger partial charge in [-0.15, -0.1) is 0 Å². The largest absolute Gasteiger partial charge is 0.172 e. The van der Waals surface area contributed by atoms with Gasteiger partial charge >= 0.3 is 0 Å². The highest BCUT2D eigenvalue weighted by Crippen LogP contribution is 2.33. The fourth-order valence-corrected chi connectivity index (χ4v) is 2.97. The van der Waals surface area contributed by atoms with Crippen molar-refractivity contribution in [2.75, 3.05) is 0 Å². The molecule has 0 heterocycles. The highest BCUT2D eigenvalue weighted by Gasteiger charge is 2.23. The van der Waals surface area contributed by atoms with Crippen molar-refractivity contribution in [2.24, 2.45) is 23.7 Å². The van der Waals surface area contributed by atoms with Gasteiger partial charge in [0.15, 0.2) is 0 Å². The van der Waals surface area contributed by atoms with Crippen LogP contribution in [0.1, 0.15) is 54.9 Å². The van der Waals surface area contributed by atoms with Crippen LogP contribution < -0.4 is 0 Å².